The summed E-state index contributed by atoms with van der Waals surface area (Å²) in [5.41, 5.74) is 19.3. The molecule has 0 aliphatic heterocycles. The van der Waals surface area contributed by atoms with Crippen molar-refractivity contribution in [1.82, 2.24) is 0 Å². The van der Waals surface area contributed by atoms with Crippen molar-refractivity contribution in [3.05, 3.63) is 276 Å². The van der Waals surface area contributed by atoms with Gasteiger partial charge in [0.1, 0.15) is 0 Å². The summed E-state index contributed by atoms with van der Waals surface area (Å²) in [6.45, 7) is 0. The number of fused-ring (bicyclic) bond motifs is 2. The van der Waals surface area contributed by atoms with Gasteiger partial charge in [-0.25, -0.2) is 0 Å². The molecule has 10 aromatic rings. The summed E-state index contributed by atoms with van der Waals surface area (Å²) < 4.78 is 0. The highest BCUT2D eigenvalue weighted by Crippen LogP contribution is 2.61. The molecule has 0 radical (unpaired) electrons. The molecule has 0 atom stereocenters. The third-order valence-electron chi connectivity index (χ3n) is 16.2. The fraction of sp³-hybridized carbons (Fsp3) is 0.143. The second-order valence-corrected chi connectivity index (χ2v) is 20.7. The summed E-state index contributed by atoms with van der Waals surface area (Å²) in [6, 6.07) is 87.9. The normalized spacial score (nSPS) is 19.0. The zero-order valence-electron chi connectivity index (χ0n) is 39.6. The fourth-order valence-electron chi connectivity index (χ4n) is 13.4. The molecule has 0 spiro atoms. The third-order valence-corrected chi connectivity index (χ3v) is 16.2. The van der Waals surface area contributed by atoms with Gasteiger partial charge in [-0.05, 0) is 185 Å². The molecule has 4 fully saturated rings. The van der Waals surface area contributed by atoms with Crippen LogP contribution in [0.3, 0.4) is 0 Å². The van der Waals surface area contributed by atoms with Gasteiger partial charge in [-0.1, -0.05) is 231 Å². The van der Waals surface area contributed by atoms with Gasteiger partial charge in [0.15, 0.2) is 0 Å². The number of rotatable bonds is 10. The highest BCUT2D eigenvalue weighted by molar-refractivity contribution is 6.21. The predicted molar refractivity (Wildman–Crippen MR) is 297 cm³/mol. The van der Waals surface area contributed by atoms with E-state index in [4.69, 9.17) is 0 Å². The molecule has 4 aliphatic rings. The van der Waals surface area contributed by atoms with E-state index >= 15 is 0 Å². The Morgan fingerprint density at radius 2 is 0.643 bits per heavy atom. The molecule has 70 heavy (non-hydrogen) atoms. The minimum absolute atomic E-state index is 0.241. The Morgan fingerprint density at radius 1 is 0.314 bits per heavy atom. The second kappa shape index (κ2) is 17.9. The van der Waals surface area contributed by atoms with Crippen LogP contribution in [0.2, 0.25) is 0 Å². The van der Waals surface area contributed by atoms with Crippen LogP contribution >= 0.6 is 0 Å². The molecule has 0 nitrogen and oxygen atoms in total. The highest BCUT2D eigenvalue weighted by atomic mass is 14.6. The number of hydrogen-bond donors (Lipinski definition) is 0. The van der Waals surface area contributed by atoms with Crippen molar-refractivity contribution in [1.29, 1.82) is 0 Å². The van der Waals surface area contributed by atoms with E-state index < -0.39 is 0 Å². The van der Waals surface area contributed by atoms with Crippen LogP contribution in [0.25, 0.3) is 78.2 Å². The molecule has 0 N–H and O–H groups in total. The van der Waals surface area contributed by atoms with Crippen molar-refractivity contribution >= 4 is 44.8 Å². The van der Waals surface area contributed by atoms with Crippen molar-refractivity contribution in [3.63, 3.8) is 0 Å². The molecule has 0 saturated heterocycles. The highest BCUT2D eigenvalue weighted by Gasteiger charge is 2.51. The van der Waals surface area contributed by atoms with Crippen LogP contribution in [-0.2, 0) is 5.41 Å². The van der Waals surface area contributed by atoms with Crippen molar-refractivity contribution in [3.8, 4) is 33.4 Å². The number of benzene rings is 10. The first-order chi connectivity index (χ1) is 34.6. The van der Waals surface area contributed by atoms with Gasteiger partial charge in [0.2, 0.25) is 0 Å². The van der Waals surface area contributed by atoms with E-state index in [1.807, 2.05) is 0 Å². The summed E-state index contributed by atoms with van der Waals surface area (Å²) >= 11 is 0. The van der Waals surface area contributed by atoms with E-state index in [0.717, 1.165) is 17.8 Å². The van der Waals surface area contributed by atoms with Crippen molar-refractivity contribution in [2.24, 2.45) is 17.8 Å². The molecule has 4 saturated carbocycles. The van der Waals surface area contributed by atoms with Crippen LogP contribution in [0.1, 0.15) is 77.5 Å². The first-order valence-electron chi connectivity index (χ1n) is 25.6. The maximum atomic E-state index is 2.64. The van der Waals surface area contributed by atoms with Crippen LogP contribution in [0.15, 0.2) is 237 Å². The second-order valence-electron chi connectivity index (χ2n) is 20.7. The van der Waals surface area contributed by atoms with Gasteiger partial charge in [0.25, 0.3) is 0 Å². The molecular weight excluding hydrogens is 841 g/mol. The van der Waals surface area contributed by atoms with Gasteiger partial charge in [-0.15, -0.1) is 0 Å². The van der Waals surface area contributed by atoms with Crippen molar-refractivity contribution < 1.29 is 0 Å². The lowest BCUT2D eigenvalue weighted by Gasteiger charge is -2.57. The first kappa shape index (κ1) is 42.3. The van der Waals surface area contributed by atoms with E-state index in [1.165, 1.54) is 138 Å². The average Bonchev–Trinajstić information content (AvgIpc) is 3.42. The lowest BCUT2D eigenvalue weighted by molar-refractivity contribution is -0.00515. The Bertz CT molecular complexity index is 3380. The Morgan fingerprint density at radius 3 is 1.03 bits per heavy atom. The first-order valence-corrected chi connectivity index (χ1v) is 25.6. The quantitative estimate of drug-likeness (QED) is 0.0948. The monoisotopic (exact) mass is 896 g/mol. The van der Waals surface area contributed by atoms with Gasteiger partial charge in [0.05, 0.1) is 0 Å². The molecule has 0 amide bonds. The summed E-state index contributed by atoms with van der Waals surface area (Å²) in [4.78, 5) is 0. The lowest BCUT2D eigenvalue weighted by atomic mass is 9.48. The molecule has 336 valence electrons. The minimum Gasteiger partial charge on any atom is -0.0622 e. The molecular formula is C70H56. The van der Waals surface area contributed by atoms with E-state index in [-0.39, 0.29) is 5.41 Å². The lowest BCUT2D eigenvalue weighted by Crippen LogP contribution is -2.48. The number of hydrogen-bond acceptors (Lipinski definition) is 0. The van der Waals surface area contributed by atoms with E-state index in [2.05, 4.69) is 249 Å². The van der Waals surface area contributed by atoms with Crippen LogP contribution in [0, 0.1) is 17.8 Å². The van der Waals surface area contributed by atoms with Crippen LogP contribution in [0.4, 0.5) is 0 Å². The Kier molecular flexibility index (Phi) is 10.8. The molecule has 0 aromatic heterocycles. The van der Waals surface area contributed by atoms with Gasteiger partial charge in [0, 0.05) is 0 Å². The van der Waals surface area contributed by atoms with Gasteiger partial charge in [-0.2, -0.15) is 0 Å². The molecule has 0 heterocycles. The average molecular weight is 897 g/mol. The van der Waals surface area contributed by atoms with Crippen LogP contribution in [-0.4, -0.2) is 0 Å². The fourth-order valence-corrected chi connectivity index (χ4v) is 13.4. The molecule has 0 heteroatoms. The zero-order valence-corrected chi connectivity index (χ0v) is 39.6. The van der Waals surface area contributed by atoms with Crippen LogP contribution < -0.4 is 0 Å². The smallest absolute Gasteiger partial charge is 0.00261 e. The summed E-state index contributed by atoms with van der Waals surface area (Å²) in [5.74, 6) is 2.58. The molecule has 0 unspecified atom stereocenters. The third kappa shape index (κ3) is 7.92. The van der Waals surface area contributed by atoms with E-state index in [0.29, 0.717) is 0 Å². The summed E-state index contributed by atoms with van der Waals surface area (Å²) in [7, 11) is 0. The van der Waals surface area contributed by atoms with Gasteiger partial charge in [-0.3, -0.25) is 0 Å². The molecule has 4 aliphatic carbocycles. The summed E-state index contributed by atoms with van der Waals surface area (Å²) in [5, 5.41) is 5.19. The predicted octanol–water partition coefficient (Wildman–Crippen LogP) is 18.6. The molecule has 10 aromatic carbocycles. The van der Waals surface area contributed by atoms with Gasteiger partial charge >= 0.3 is 0 Å². The van der Waals surface area contributed by atoms with Crippen molar-refractivity contribution in [2.75, 3.05) is 0 Å². The largest absolute Gasteiger partial charge is 0.0622 e. The van der Waals surface area contributed by atoms with Crippen molar-refractivity contribution in [2.45, 2.75) is 43.9 Å². The maximum absolute atomic E-state index is 2.64. The van der Waals surface area contributed by atoms with E-state index in [1.54, 1.807) is 5.56 Å². The topological polar surface area (TPSA) is 0 Å². The maximum Gasteiger partial charge on any atom is -0.00261 e. The Labute approximate surface area is 413 Å². The Balaban J connectivity index is 0.947. The Hall–Kier alpha value is -7.80. The minimum atomic E-state index is 0.241. The summed E-state index contributed by atoms with van der Waals surface area (Å²) in [6.07, 6.45) is 13.0. The molecule has 14 rings (SSSR count). The van der Waals surface area contributed by atoms with E-state index in [9.17, 15) is 0 Å². The zero-order chi connectivity index (χ0) is 46.4. The SMILES string of the molecule is C(=C(c1ccccc1)c1ccccc1)c1ccc(-c2cc(-c3c4ccccc4c(-c4ccc(C=C(c5ccccc5)c5ccccc5)cc4)c4ccccc34)cc(C34CC5CC(CC(C5)C3)C4)c2)cc1. The van der Waals surface area contributed by atoms with Gasteiger partial charge < -0.3 is 0 Å². The molecule has 4 bridgehead atoms. The standard InChI is InChI=1S/C70H56/c1-5-17-54(18-6-1)66(55-19-7-2-8-20-55)40-48-29-33-53(34-30-48)59-42-60(44-61(43-59)70-45-50-37-51(46-70)39-52(38-50)47-70)69-64-27-15-13-25-62(64)68(63-26-14-16-28-65(63)69)58-35-31-49(32-36-58)41-67(56-21-9-3-10-22-56)57-23-11-4-12-24-57/h1-36,40-44,50-52H,37-39,45-47H2. The van der Waals surface area contributed by atoms with Crippen LogP contribution in [0.5, 0.6) is 0 Å².